The molecule has 0 saturated heterocycles. The second-order valence-electron chi connectivity index (χ2n) is 22.7. The molecule has 9 nitrogen and oxygen atoms in total. The number of ether oxygens (including phenoxy) is 2. The Morgan fingerprint density at radius 1 is 0.392 bits per heavy atom. The number of nitrogens with two attached hydrogens (primary N) is 1. The number of carbonyl (C=O) groups excluding carboxylic acids is 2. The van der Waals surface area contributed by atoms with Crippen molar-refractivity contribution in [3.63, 3.8) is 0 Å². The van der Waals surface area contributed by atoms with E-state index in [2.05, 4.69) is 74.6 Å². The number of hydrogen-bond donors (Lipinski definition) is 2. The summed E-state index contributed by atoms with van der Waals surface area (Å²) >= 11 is 0. The normalized spacial score (nSPS) is 13.3. The zero-order chi connectivity index (χ0) is 57.3. The van der Waals surface area contributed by atoms with E-state index in [-0.39, 0.29) is 38.6 Å². The molecule has 0 aromatic heterocycles. The summed E-state index contributed by atoms with van der Waals surface area (Å²) in [5.41, 5.74) is 5.39. The van der Waals surface area contributed by atoms with Crippen LogP contribution in [0.1, 0.15) is 335 Å². The number of esters is 2. The van der Waals surface area contributed by atoms with E-state index < -0.39 is 26.5 Å². The van der Waals surface area contributed by atoms with E-state index in [1.54, 1.807) is 0 Å². The van der Waals surface area contributed by atoms with Crippen LogP contribution in [-0.4, -0.2) is 49.3 Å². The third-order valence-corrected chi connectivity index (χ3v) is 15.9. The van der Waals surface area contributed by atoms with Gasteiger partial charge >= 0.3 is 19.8 Å². The van der Waals surface area contributed by atoms with Crippen molar-refractivity contribution >= 4 is 19.8 Å². The third kappa shape index (κ3) is 64.7. The molecule has 0 aliphatic rings. The smallest absolute Gasteiger partial charge is 0.462 e. The molecule has 2 atom stereocenters. The van der Waals surface area contributed by atoms with E-state index in [1.165, 1.54) is 225 Å². The van der Waals surface area contributed by atoms with Crippen molar-refractivity contribution in [3.05, 3.63) is 60.8 Å². The maximum Gasteiger partial charge on any atom is 0.472 e. The lowest BCUT2D eigenvalue weighted by Gasteiger charge is -2.19. The second kappa shape index (κ2) is 64.9. The fourth-order valence-electron chi connectivity index (χ4n) is 9.96. The van der Waals surface area contributed by atoms with Gasteiger partial charge < -0.3 is 20.1 Å². The van der Waals surface area contributed by atoms with Gasteiger partial charge in [-0.15, -0.1) is 0 Å². The van der Waals surface area contributed by atoms with Crippen molar-refractivity contribution in [2.75, 3.05) is 26.4 Å². The van der Waals surface area contributed by atoms with Gasteiger partial charge in [-0.25, -0.2) is 4.57 Å². The monoisotopic (exact) mass is 1130 g/mol. The van der Waals surface area contributed by atoms with Gasteiger partial charge in [-0.1, -0.05) is 325 Å². The van der Waals surface area contributed by atoms with Gasteiger partial charge in [0.1, 0.15) is 6.61 Å². The Bertz CT molecular complexity index is 1480. The first-order valence-electron chi connectivity index (χ1n) is 33.8. The van der Waals surface area contributed by atoms with Gasteiger partial charge in [-0.3, -0.25) is 18.6 Å². The van der Waals surface area contributed by atoms with Crippen molar-refractivity contribution in [3.8, 4) is 0 Å². The summed E-state index contributed by atoms with van der Waals surface area (Å²) < 4.78 is 33.1. The van der Waals surface area contributed by atoms with Crippen molar-refractivity contribution in [2.45, 2.75) is 341 Å². The summed E-state index contributed by atoms with van der Waals surface area (Å²) in [5, 5.41) is 0. The zero-order valence-electron chi connectivity index (χ0n) is 51.9. The summed E-state index contributed by atoms with van der Waals surface area (Å²) in [6.45, 7) is 3.67. The highest BCUT2D eigenvalue weighted by atomic mass is 31.2. The van der Waals surface area contributed by atoms with Crippen LogP contribution in [-0.2, 0) is 32.7 Å². The first-order chi connectivity index (χ1) is 38.8. The molecule has 0 aliphatic carbocycles. The highest BCUT2D eigenvalue weighted by Crippen LogP contribution is 2.43. The number of hydrogen-bond acceptors (Lipinski definition) is 8. The Hall–Kier alpha value is -2.29. The van der Waals surface area contributed by atoms with Gasteiger partial charge in [0.15, 0.2) is 6.10 Å². The standard InChI is InChI=1S/C69H128NO8P/c1-3-5-7-9-11-13-15-17-19-21-23-25-27-28-29-30-31-32-33-34-35-36-37-38-40-41-43-45-47-49-51-53-55-57-59-61-68(71)75-65-67(66-77-79(73,74)76-64-63-70)78-69(72)62-60-58-56-54-52-50-48-46-44-42-39-26-24-22-20-18-16-14-12-10-8-6-4-2/h6,8,12,14,18,20,24,26,42,44,67H,3-5,7,9-11,13,15-17,19,21-23,25,27-41,43,45-66,70H2,1-2H3,(H,73,74)/b8-6-,14-12-,20-18-,26-24-,44-42-. The van der Waals surface area contributed by atoms with E-state index in [0.717, 1.165) is 77.0 Å². The predicted octanol–water partition coefficient (Wildman–Crippen LogP) is 21.9. The Labute approximate surface area is 489 Å². The quantitative estimate of drug-likeness (QED) is 0.0264. The Balaban J connectivity index is 3.83. The van der Waals surface area contributed by atoms with E-state index in [1.807, 2.05) is 0 Å². The summed E-state index contributed by atoms with van der Waals surface area (Å²) in [5.74, 6) is -0.828. The van der Waals surface area contributed by atoms with Crippen molar-refractivity contribution in [1.82, 2.24) is 0 Å². The summed E-state index contributed by atoms with van der Waals surface area (Å²) in [6, 6.07) is 0. The highest BCUT2D eigenvalue weighted by molar-refractivity contribution is 7.47. The molecule has 0 saturated carbocycles. The molecule has 0 radical (unpaired) electrons. The Morgan fingerprint density at radius 3 is 1.04 bits per heavy atom. The average Bonchev–Trinajstić information content (AvgIpc) is 3.44. The molecule has 0 amide bonds. The van der Waals surface area contributed by atoms with Gasteiger partial charge in [0.05, 0.1) is 13.2 Å². The lowest BCUT2D eigenvalue weighted by atomic mass is 10.0. The predicted molar refractivity (Wildman–Crippen MR) is 340 cm³/mol. The maximum absolute atomic E-state index is 12.7. The first-order valence-corrected chi connectivity index (χ1v) is 35.3. The molecular weight excluding hydrogens is 1000 g/mol. The van der Waals surface area contributed by atoms with Crippen LogP contribution in [0.5, 0.6) is 0 Å². The fraction of sp³-hybridized carbons (Fsp3) is 0.826. The van der Waals surface area contributed by atoms with Crippen LogP contribution in [0.15, 0.2) is 60.8 Å². The number of phosphoric ester groups is 1. The van der Waals surface area contributed by atoms with E-state index >= 15 is 0 Å². The summed E-state index contributed by atoms with van der Waals surface area (Å²) in [7, 11) is -4.40. The van der Waals surface area contributed by atoms with Crippen LogP contribution >= 0.6 is 7.82 Å². The minimum atomic E-state index is -4.40. The molecule has 79 heavy (non-hydrogen) atoms. The first kappa shape index (κ1) is 76.7. The van der Waals surface area contributed by atoms with Gasteiger partial charge in [0, 0.05) is 19.4 Å². The Morgan fingerprint density at radius 2 is 0.696 bits per heavy atom. The topological polar surface area (TPSA) is 134 Å². The molecule has 0 aromatic rings. The maximum atomic E-state index is 12.7. The fourth-order valence-corrected chi connectivity index (χ4v) is 10.7. The van der Waals surface area contributed by atoms with E-state index in [4.69, 9.17) is 24.3 Å². The Kier molecular flexibility index (Phi) is 63.0. The minimum absolute atomic E-state index is 0.0504. The van der Waals surface area contributed by atoms with Crippen LogP contribution in [0.4, 0.5) is 0 Å². The molecule has 2 unspecified atom stereocenters. The van der Waals surface area contributed by atoms with Gasteiger partial charge in [-0.2, -0.15) is 0 Å². The van der Waals surface area contributed by atoms with E-state index in [0.29, 0.717) is 6.42 Å². The molecule has 0 fully saturated rings. The van der Waals surface area contributed by atoms with Crippen LogP contribution in [0.3, 0.4) is 0 Å². The molecule has 0 bridgehead atoms. The summed E-state index contributed by atoms with van der Waals surface area (Å²) in [6.07, 6.45) is 83.2. The number of phosphoric acid groups is 1. The largest absolute Gasteiger partial charge is 0.472 e. The highest BCUT2D eigenvalue weighted by Gasteiger charge is 2.26. The van der Waals surface area contributed by atoms with Crippen molar-refractivity contribution < 1.29 is 37.6 Å². The number of allylic oxidation sites excluding steroid dienone is 10. The lowest BCUT2D eigenvalue weighted by Crippen LogP contribution is -2.29. The molecule has 10 heteroatoms. The van der Waals surface area contributed by atoms with E-state index in [9.17, 15) is 19.0 Å². The van der Waals surface area contributed by atoms with Crippen LogP contribution in [0.25, 0.3) is 0 Å². The number of carbonyl (C=O) groups is 2. The molecule has 0 aliphatic heterocycles. The number of rotatable bonds is 64. The van der Waals surface area contributed by atoms with Gasteiger partial charge in [-0.05, 0) is 57.8 Å². The van der Waals surface area contributed by atoms with Gasteiger partial charge in [0.2, 0.25) is 0 Å². The lowest BCUT2D eigenvalue weighted by molar-refractivity contribution is -0.161. The average molecular weight is 1130 g/mol. The molecule has 0 spiro atoms. The molecule has 0 aromatic carbocycles. The summed E-state index contributed by atoms with van der Waals surface area (Å²) in [4.78, 5) is 35.3. The molecule has 3 N–H and O–H groups in total. The van der Waals surface area contributed by atoms with Crippen molar-refractivity contribution in [2.24, 2.45) is 5.73 Å². The van der Waals surface area contributed by atoms with Crippen LogP contribution in [0.2, 0.25) is 0 Å². The minimum Gasteiger partial charge on any atom is -0.462 e. The SMILES string of the molecule is CC/C=C\C/C=C\C/C=C\C/C=C\C/C=C\CCCCCCCCCC(=O)OC(COC(=O)CCCCCCCCCCCCCCCCCCCCCCCCCCCCCCCCCCCCC)COP(=O)(O)OCCN. The van der Waals surface area contributed by atoms with Crippen LogP contribution < -0.4 is 5.73 Å². The number of unbranched alkanes of at least 4 members (excludes halogenated alkanes) is 41. The molecule has 462 valence electrons. The second-order valence-corrected chi connectivity index (χ2v) is 24.1. The molecular formula is C69H128NO8P. The van der Waals surface area contributed by atoms with Crippen LogP contribution in [0, 0.1) is 0 Å². The molecule has 0 heterocycles. The van der Waals surface area contributed by atoms with Crippen molar-refractivity contribution in [1.29, 1.82) is 0 Å². The molecule has 0 rings (SSSR count). The van der Waals surface area contributed by atoms with Gasteiger partial charge in [0.25, 0.3) is 0 Å². The zero-order valence-corrected chi connectivity index (χ0v) is 52.8. The third-order valence-electron chi connectivity index (χ3n) is 14.9.